The fraction of sp³-hybridized carbons (Fsp3) is 0.421. The number of nitrogens with zero attached hydrogens (tertiary/aromatic N) is 3. The normalized spacial score (nSPS) is 22.3. The number of para-hydroxylation sites is 1. The Labute approximate surface area is 193 Å². The number of aromatic nitrogens is 4. The molecule has 186 valence electrons. The minimum atomic E-state index is -4.64. The fourth-order valence-corrected chi connectivity index (χ4v) is 3.40. The Kier molecular flexibility index (Phi) is 8.88. The second-order valence-corrected chi connectivity index (χ2v) is 8.29. The van der Waals surface area contributed by atoms with Crippen LogP contribution in [0.25, 0.3) is 11.2 Å². The van der Waals surface area contributed by atoms with Crippen molar-refractivity contribution in [3.05, 3.63) is 42.5 Å². The lowest BCUT2D eigenvalue weighted by atomic mass is 10.1. The maximum atomic E-state index is 10.3. The van der Waals surface area contributed by atoms with Crippen molar-refractivity contribution in [3.8, 4) is 5.75 Å². The molecule has 0 bridgehead atoms. The maximum absolute atomic E-state index is 10.3. The van der Waals surface area contributed by atoms with Crippen LogP contribution in [-0.4, -0.2) is 82.9 Å². The first kappa shape index (κ1) is 25.9. The number of fused-ring (bicyclic) bond motifs is 1. The van der Waals surface area contributed by atoms with Crippen LogP contribution >= 0.6 is 7.82 Å². The second-order valence-electron chi connectivity index (χ2n) is 7.05. The van der Waals surface area contributed by atoms with Gasteiger partial charge < -0.3 is 44.9 Å². The van der Waals surface area contributed by atoms with Gasteiger partial charge in [0.2, 0.25) is 0 Å². The summed E-state index contributed by atoms with van der Waals surface area (Å²) in [6.07, 6.45) is -2.56. The zero-order chi connectivity index (χ0) is 24.7. The number of aliphatic hydroxyl groups is 3. The number of aliphatic hydroxyl groups excluding tert-OH is 3. The lowest BCUT2D eigenvalue weighted by Gasteiger charge is -2.14. The van der Waals surface area contributed by atoms with E-state index < -0.39 is 39.0 Å². The Balaban J connectivity index is 0.000000204. The third-order valence-corrected chi connectivity index (χ3v) is 5.17. The van der Waals surface area contributed by atoms with E-state index in [-0.39, 0.29) is 0 Å². The summed E-state index contributed by atoms with van der Waals surface area (Å²) in [6.45, 7) is 2.64. The summed E-state index contributed by atoms with van der Waals surface area (Å²) in [5.41, 5.74) is 2.54. The molecule has 15 heteroatoms. The van der Waals surface area contributed by atoms with Gasteiger partial charge in [-0.3, -0.25) is 4.52 Å². The number of hydrogen-bond donors (Lipinski definition) is 7. The largest absolute Gasteiger partial charge is 0.494 e. The molecule has 4 rings (SSSR count). The van der Waals surface area contributed by atoms with Crippen LogP contribution in [0.1, 0.15) is 12.5 Å². The molecule has 0 saturated carbocycles. The molecule has 3 heterocycles. The van der Waals surface area contributed by atoms with Crippen molar-refractivity contribution in [1.29, 1.82) is 0 Å². The number of hydrogen-bond acceptors (Lipinski definition) is 11. The fourth-order valence-electron chi connectivity index (χ4n) is 3.06. The van der Waals surface area contributed by atoms with Gasteiger partial charge in [-0.15, -0.1) is 0 Å². The number of benzene rings is 1. The van der Waals surface area contributed by atoms with Gasteiger partial charge in [0, 0.05) is 12.1 Å². The molecule has 1 aliphatic rings. The topological polar surface area (TPSA) is 212 Å². The standard InChI is InChI=1S/C14H15N5O.C5H11O8P/c1-2-20-11-6-4-3-5-10(11)7-15-13-12-14(17-8-16-12)19-9-18-13;6-3-2(1-12-14(9,10)11)13-5(8)4(3)7/h3-6,8-9H,2,7H2,1H3,(H2,15,16,17,18,19);2-8H,1H2,(H2,9,10,11)/t;2-,3-,4-,5?/m.1/s1. The first-order valence-electron chi connectivity index (χ1n) is 10.2. The molecule has 0 spiro atoms. The zero-order valence-electron chi connectivity index (χ0n) is 18.1. The molecule has 2 aromatic heterocycles. The highest BCUT2D eigenvalue weighted by atomic mass is 31.2. The van der Waals surface area contributed by atoms with E-state index in [1.165, 1.54) is 6.33 Å². The Morgan fingerprint density at radius 2 is 1.91 bits per heavy atom. The van der Waals surface area contributed by atoms with Crippen molar-refractivity contribution in [2.24, 2.45) is 0 Å². The van der Waals surface area contributed by atoms with Gasteiger partial charge >= 0.3 is 7.82 Å². The molecule has 14 nitrogen and oxygen atoms in total. The van der Waals surface area contributed by atoms with Crippen LogP contribution in [0.2, 0.25) is 0 Å². The number of phosphoric ester groups is 1. The summed E-state index contributed by atoms with van der Waals surface area (Å²) < 4.78 is 24.5. The van der Waals surface area contributed by atoms with E-state index in [4.69, 9.17) is 29.8 Å². The molecule has 34 heavy (non-hydrogen) atoms. The monoisotopic (exact) mass is 499 g/mol. The number of phosphoric acid groups is 1. The van der Waals surface area contributed by atoms with E-state index in [1.807, 2.05) is 31.2 Å². The van der Waals surface area contributed by atoms with Crippen molar-refractivity contribution in [2.45, 2.75) is 38.1 Å². The number of H-pyrrole nitrogens is 1. The van der Waals surface area contributed by atoms with Gasteiger partial charge in [-0.1, -0.05) is 18.2 Å². The summed E-state index contributed by atoms with van der Waals surface area (Å²) in [6, 6.07) is 7.95. The molecular formula is C19H26N5O9P. The van der Waals surface area contributed by atoms with Crippen molar-refractivity contribution in [1.82, 2.24) is 19.9 Å². The third kappa shape index (κ3) is 6.91. The van der Waals surface area contributed by atoms with E-state index in [0.29, 0.717) is 18.8 Å². The summed E-state index contributed by atoms with van der Waals surface area (Å²) in [7, 11) is -4.64. The third-order valence-electron chi connectivity index (χ3n) is 4.69. The van der Waals surface area contributed by atoms with Gasteiger partial charge in [0.25, 0.3) is 0 Å². The maximum Gasteiger partial charge on any atom is 0.469 e. The van der Waals surface area contributed by atoms with E-state index in [2.05, 4.69) is 34.5 Å². The van der Waals surface area contributed by atoms with Crippen molar-refractivity contribution < 1.29 is 43.7 Å². The molecule has 4 atom stereocenters. The molecule has 1 saturated heterocycles. The average molecular weight is 499 g/mol. The van der Waals surface area contributed by atoms with Crippen LogP contribution in [0.3, 0.4) is 0 Å². The molecule has 1 aliphatic heterocycles. The van der Waals surface area contributed by atoms with Crippen molar-refractivity contribution in [2.75, 3.05) is 18.5 Å². The predicted molar refractivity (Wildman–Crippen MR) is 118 cm³/mol. The van der Waals surface area contributed by atoms with Gasteiger partial charge in [0.1, 0.15) is 35.9 Å². The lowest BCUT2D eigenvalue weighted by molar-refractivity contribution is -0.132. The van der Waals surface area contributed by atoms with Crippen LogP contribution in [0.4, 0.5) is 5.82 Å². The number of rotatable bonds is 8. The lowest BCUT2D eigenvalue weighted by Crippen LogP contribution is -2.34. The summed E-state index contributed by atoms with van der Waals surface area (Å²) >= 11 is 0. The second kappa shape index (κ2) is 11.6. The molecular weight excluding hydrogens is 473 g/mol. The zero-order valence-corrected chi connectivity index (χ0v) is 18.9. The van der Waals surface area contributed by atoms with Gasteiger partial charge in [0.15, 0.2) is 17.8 Å². The quantitative estimate of drug-likeness (QED) is 0.202. The highest BCUT2D eigenvalue weighted by Crippen LogP contribution is 2.37. The number of ether oxygens (including phenoxy) is 2. The van der Waals surface area contributed by atoms with E-state index in [1.54, 1.807) is 6.33 Å². The van der Waals surface area contributed by atoms with E-state index in [0.717, 1.165) is 22.6 Å². The summed E-state index contributed by atoms with van der Waals surface area (Å²) in [5, 5.41) is 30.3. The number of imidazole rings is 1. The Hall–Kier alpha value is -2.68. The number of aromatic amines is 1. The molecule has 3 aromatic rings. The van der Waals surface area contributed by atoms with Crippen LogP contribution < -0.4 is 10.1 Å². The van der Waals surface area contributed by atoms with E-state index >= 15 is 0 Å². The molecule has 1 unspecified atom stereocenters. The average Bonchev–Trinajstić information content (AvgIpc) is 3.38. The first-order valence-corrected chi connectivity index (χ1v) is 11.7. The molecule has 7 N–H and O–H groups in total. The molecule has 0 radical (unpaired) electrons. The molecule has 1 fully saturated rings. The number of anilines is 1. The van der Waals surface area contributed by atoms with Crippen molar-refractivity contribution >= 4 is 24.8 Å². The van der Waals surface area contributed by atoms with Gasteiger partial charge in [-0.25, -0.2) is 19.5 Å². The molecule has 0 amide bonds. The smallest absolute Gasteiger partial charge is 0.469 e. The van der Waals surface area contributed by atoms with Gasteiger partial charge in [0.05, 0.1) is 19.5 Å². The van der Waals surface area contributed by atoms with Crippen LogP contribution in [-0.2, 0) is 20.4 Å². The van der Waals surface area contributed by atoms with E-state index in [9.17, 15) is 4.57 Å². The summed E-state index contributed by atoms with van der Waals surface area (Å²) in [4.78, 5) is 32.1. The van der Waals surface area contributed by atoms with Crippen molar-refractivity contribution in [3.63, 3.8) is 0 Å². The predicted octanol–water partition coefficient (Wildman–Crippen LogP) is -0.102. The minimum Gasteiger partial charge on any atom is -0.494 e. The highest BCUT2D eigenvalue weighted by Gasteiger charge is 2.42. The number of nitrogens with one attached hydrogen (secondary N) is 2. The Morgan fingerprint density at radius 1 is 1.15 bits per heavy atom. The van der Waals surface area contributed by atoms with Gasteiger partial charge in [-0.05, 0) is 13.0 Å². The van der Waals surface area contributed by atoms with Crippen LogP contribution in [0.5, 0.6) is 5.75 Å². The highest BCUT2D eigenvalue weighted by molar-refractivity contribution is 7.46. The Bertz CT molecular complexity index is 1110. The molecule has 1 aromatic carbocycles. The molecule has 0 aliphatic carbocycles. The van der Waals surface area contributed by atoms with Gasteiger partial charge in [-0.2, -0.15) is 0 Å². The minimum absolute atomic E-state index is 0.612. The van der Waals surface area contributed by atoms with Crippen LogP contribution in [0.15, 0.2) is 36.9 Å². The summed E-state index contributed by atoms with van der Waals surface area (Å²) in [5.74, 6) is 1.62. The SMILES string of the molecule is CCOc1ccccc1CNc1ncnc2nc[nH]c12.O=P(O)(O)OC[C@H]1OC(O)[C@H](O)[C@@H]1O. The van der Waals surface area contributed by atoms with Crippen LogP contribution in [0, 0.1) is 0 Å². The Morgan fingerprint density at radius 3 is 2.59 bits per heavy atom. The first-order chi connectivity index (χ1) is 16.2.